The minimum Gasteiger partial charge on any atom is -0.494 e. The lowest BCUT2D eigenvalue weighted by Crippen LogP contribution is -2.57. The molecule has 8 heteroatoms. The van der Waals surface area contributed by atoms with Crippen LogP contribution in [0.3, 0.4) is 0 Å². The molecule has 2 amide bonds. The third-order valence-electron chi connectivity index (χ3n) is 4.79. The summed E-state index contributed by atoms with van der Waals surface area (Å²) >= 11 is 0. The van der Waals surface area contributed by atoms with E-state index in [0.29, 0.717) is 37.7 Å². The number of unbranched alkanes of at least 4 members (excludes halogenated alkanes) is 2. The van der Waals surface area contributed by atoms with Crippen LogP contribution in [0.5, 0.6) is 5.75 Å². The Hall–Kier alpha value is -2.61. The Morgan fingerprint density at radius 3 is 2.73 bits per heavy atom. The van der Waals surface area contributed by atoms with Crippen LogP contribution in [-0.4, -0.2) is 61.6 Å². The van der Waals surface area contributed by atoms with Crippen molar-refractivity contribution in [3.63, 3.8) is 0 Å². The topological polar surface area (TPSA) is 97.0 Å². The molecule has 8 nitrogen and oxygen atoms in total. The Kier molecular flexibility index (Phi) is 10.1. The standard InChI is InChI=1S/C22H33N3O5/c1-3-5-12-29-18-9-7-8-17(14-18)24-20(26)16-25-11-10-23-22(28)19(25)15-21(27)30-13-6-4-2/h7-9,14,19H,3-6,10-13,15-16H2,1-2H3,(H,23,28)(H,24,26). The van der Waals surface area contributed by atoms with Gasteiger partial charge in [0.2, 0.25) is 11.8 Å². The summed E-state index contributed by atoms with van der Waals surface area (Å²) in [5.41, 5.74) is 0.631. The minimum absolute atomic E-state index is 0.0151. The lowest BCUT2D eigenvalue weighted by molar-refractivity contribution is -0.149. The summed E-state index contributed by atoms with van der Waals surface area (Å²) < 4.78 is 10.8. The first-order valence-corrected chi connectivity index (χ1v) is 10.7. The average molecular weight is 420 g/mol. The second kappa shape index (κ2) is 12.8. The van der Waals surface area contributed by atoms with Crippen molar-refractivity contribution in [1.29, 1.82) is 0 Å². The smallest absolute Gasteiger partial charge is 0.307 e. The number of carbonyl (C=O) groups is 3. The second-order valence-corrected chi connectivity index (χ2v) is 7.33. The van der Waals surface area contributed by atoms with E-state index in [4.69, 9.17) is 9.47 Å². The Morgan fingerprint density at radius 1 is 1.20 bits per heavy atom. The van der Waals surface area contributed by atoms with Crippen LogP contribution in [-0.2, 0) is 19.1 Å². The third kappa shape index (κ3) is 8.02. The molecule has 166 valence electrons. The van der Waals surface area contributed by atoms with E-state index in [1.54, 1.807) is 17.0 Å². The summed E-state index contributed by atoms with van der Waals surface area (Å²) in [5, 5.41) is 5.59. The SMILES string of the molecule is CCCCOC(=O)CC1C(=O)NCCN1CC(=O)Nc1cccc(OCCCC)c1. The minimum atomic E-state index is -0.706. The van der Waals surface area contributed by atoms with Gasteiger partial charge >= 0.3 is 5.97 Å². The van der Waals surface area contributed by atoms with Gasteiger partial charge in [0, 0.05) is 24.8 Å². The van der Waals surface area contributed by atoms with Crippen molar-refractivity contribution in [1.82, 2.24) is 10.2 Å². The van der Waals surface area contributed by atoms with Gasteiger partial charge in [0.1, 0.15) is 11.8 Å². The number of hydrogen-bond acceptors (Lipinski definition) is 6. The predicted molar refractivity (Wildman–Crippen MR) is 114 cm³/mol. The molecule has 2 N–H and O–H groups in total. The molecular formula is C22H33N3O5. The summed E-state index contributed by atoms with van der Waals surface area (Å²) in [6.45, 7) is 6.03. The van der Waals surface area contributed by atoms with Gasteiger partial charge in [-0.05, 0) is 25.0 Å². The Labute approximate surface area is 178 Å². The fourth-order valence-corrected chi connectivity index (χ4v) is 3.10. The first-order chi connectivity index (χ1) is 14.5. The number of nitrogens with zero attached hydrogens (tertiary/aromatic N) is 1. The number of nitrogens with one attached hydrogen (secondary N) is 2. The monoisotopic (exact) mass is 419 g/mol. The number of benzene rings is 1. The molecule has 0 bridgehead atoms. The number of piperazine rings is 1. The van der Waals surface area contributed by atoms with Gasteiger partial charge < -0.3 is 20.1 Å². The zero-order chi connectivity index (χ0) is 21.8. The summed E-state index contributed by atoms with van der Waals surface area (Å²) in [5.74, 6) is -0.230. The number of rotatable bonds is 12. The molecule has 1 atom stereocenters. The van der Waals surface area contributed by atoms with Crippen LogP contribution in [0.4, 0.5) is 5.69 Å². The molecule has 0 aliphatic carbocycles. The number of amides is 2. The average Bonchev–Trinajstić information content (AvgIpc) is 2.71. The molecular weight excluding hydrogens is 386 g/mol. The number of anilines is 1. The zero-order valence-corrected chi connectivity index (χ0v) is 17.9. The van der Waals surface area contributed by atoms with Gasteiger partial charge in [-0.15, -0.1) is 0 Å². The zero-order valence-electron chi connectivity index (χ0n) is 17.9. The fraction of sp³-hybridized carbons (Fsp3) is 0.591. The second-order valence-electron chi connectivity index (χ2n) is 7.33. The Balaban J connectivity index is 1.90. The normalized spacial score (nSPS) is 16.6. The summed E-state index contributed by atoms with van der Waals surface area (Å²) in [6, 6.07) is 6.53. The van der Waals surface area contributed by atoms with E-state index in [-0.39, 0.29) is 24.8 Å². The number of hydrogen-bond donors (Lipinski definition) is 2. The van der Waals surface area contributed by atoms with Crippen molar-refractivity contribution in [2.24, 2.45) is 0 Å². The molecule has 1 fully saturated rings. The van der Waals surface area contributed by atoms with Gasteiger partial charge in [-0.3, -0.25) is 19.3 Å². The first-order valence-electron chi connectivity index (χ1n) is 10.7. The fourth-order valence-electron chi connectivity index (χ4n) is 3.10. The van der Waals surface area contributed by atoms with Crippen LogP contribution in [0, 0.1) is 0 Å². The molecule has 2 rings (SSSR count). The predicted octanol–water partition coefficient (Wildman–Crippen LogP) is 2.34. The highest BCUT2D eigenvalue weighted by atomic mass is 16.5. The lowest BCUT2D eigenvalue weighted by Gasteiger charge is -2.33. The van der Waals surface area contributed by atoms with E-state index in [1.807, 2.05) is 19.1 Å². The van der Waals surface area contributed by atoms with Crippen molar-refractivity contribution >= 4 is 23.5 Å². The maximum Gasteiger partial charge on any atom is 0.307 e. The summed E-state index contributed by atoms with van der Waals surface area (Å²) in [6.07, 6.45) is 3.66. The van der Waals surface area contributed by atoms with E-state index >= 15 is 0 Å². The lowest BCUT2D eigenvalue weighted by atomic mass is 10.1. The molecule has 0 radical (unpaired) electrons. The molecule has 1 saturated heterocycles. The van der Waals surface area contributed by atoms with Crippen molar-refractivity contribution < 1.29 is 23.9 Å². The van der Waals surface area contributed by atoms with Crippen molar-refractivity contribution in [3.8, 4) is 5.75 Å². The number of ether oxygens (including phenoxy) is 2. The van der Waals surface area contributed by atoms with Crippen LogP contribution in [0.15, 0.2) is 24.3 Å². The quantitative estimate of drug-likeness (QED) is 0.399. The van der Waals surface area contributed by atoms with E-state index < -0.39 is 12.0 Å². The highest BCUT2D eigenvalue weighted by Crippen LogP contribution is 2.18. The van der Waals surface area contributed by atoms with E-state index in [0.717, 1.165) is 25.7 Å². The van der Waals surface area contributed by atoms with Crippen LogP contribution < -0.4 is 15.4 Å². The van der Waals surface area contributed by atoms with Gasteiger partial charge in [-0.25, -0.2) is 0 Å². The van der Waals surface area contributed by atoms with Gasteiger partial charge in [-0.2, -0.15) is 0 Å². The first kappa shape index (κ1) is 23.7. The highest BCUT2D eigenvalue weighted by Gasteiger charge is 2.33. The highest BCUT2D eigenvalue weighted by molar-refractivity contribution is 5.93. The van der Waals surface area contributed by atoms with Crippen LogP contribution in [0.2, 0.25) is 0 Å². The molecule has 1 aromatic rings. The third-order valence-corrected chi connectivity index (χ3v) is 4.79. The molecule has 0 spiro atoms. The van der Waals surface area contributed by atoms with Crippen molar-refractivity contribution in [2.75, 3.05) is 38.2 Å². The maximum absolute atomic E-state index is 12.6. The Bertz CT molecular complexity index is 710. The molecule has 1 aromatic carbocycles. The molecule has 0 aromatic heterocycles. The molecule has 0 saturated carbocycles. The van der Waals surface area contributed by atoms with Crippen LogP contribution in [0.1, 0.15) is 46.0 Å². The molecule has 1 aliphatic heterocycles. The maximum atomic E-state index is 12.6. The molecule has 1 aliphatic rings. The van der Waals surface area contributed by atoms with Crippen LogP contribution >= 0.6 is 0 Å². The molecule has 1 unspecified atom stereocenters. The number of esters is 1. The summed E-state index contributed by atoms with van der Waals surface area (Å²) in [7, 11) is 0. The van der Waals surface area contributed by atoms with Crippen LogP contribution in [0.25, 0.3) is 0 Å². The molecule has 1 heterocycles. The molecule has 30 heavy (non-hydrogen) atoms. The van der Waals surface area contributed by atoms with Gasteiger partial charge in [0.15, 0.2) is 0 Å². The van der Waals surface area contributed by atoms with Gasteiger partial charge in [-0.1, -0.05) is 32.8 Å². The van der Waals surface area contributed by atoms with Gasteiger partial charge in [0.05, 0.1) is 26.2 Å². The largest absolute Gasteiger partial charge is 0.494 e. The van der Waals surface area contributed by atoms with Crippen molar-refractivity contribution in [3.05, 3.63) is 24.3 Å². The number of carbonyl (C=O) groups excluding carboxylic acids is 3. The van der Waals surface area contributed by atoms with E-state index in [1.165, 1.54) is 0 Å². The summed E-state index contributed by atoms with van der Waals surface area (Å²) in [4.78, 5) is 38.6. The van der Waals surface area contributed by atoms with E-state index in [9.17, 15) is 14.4 Å². The van der Waals surface area contributed by atoms with Gasteiger partial charge in [0.25, 0.3) is 0 Å². The Morgan fingerprint density at radius 2 is 1.97 bits per heavy atom. The van der Waals surface area contributed by atoms with E-state index in [2.05, 4.69) is 17.6 Å². The van der Waals surface area contributed by atoms with Crippen molar-refractivity contribution in [2.45, 2.75) is 52.0 Å².